The third-order valence-electron chi connectivity index (χ3n) is 4.46. The van der Waals surface area contributed by atoms with E-state index in [4.69, 9.17) is 9.47 Å². The van der Waals surface area contributed by atoms with Crippen LogP contribution < -0.4 is 5.32 Å². The summed E-state index contributed by atoms with van der Waals surface area (Å²) in [5, 5.41) is 3.71. The zero-order valence-corrected chi connectivity index (χ0v) is 12.7. The lowest BCUT2D eigenvalue weighted by molar-refractivity contribution is -0.151. The quantitative estimate of drug-likeness (QED) is 0.684. The van der Waals surface area contributed by atoms with Crippen molar-refractivity contribution in [3.8, 4) is 0 Å². The standard InChI is InChI=1S/C15H30N2O2/c1-4-17(11-15(18-5-2)19-6-3)14-9-12-7-8-13(10-14)16-12/h12-16H,4-11H2,1-3H3. The van der Waals surface area contributed by atoms with Crippen molar-refractivity contribution in [1.82, 2.24) is 10.2 Å². The van der Waals surface area contributed by atoms with Crippen LogP contribution in [-0.2, 0) is 9.47 Å². The van der Waals surface area contributed by atoms with E-state index in [1.54, 1.807) is 0 Å². The summed E-state index contributed by atoms with van der Waals surface area (Å²) in [4.78, 5) is 2.56. The summed E-state index contributed by atoms with van der Waals surface area (Å²) in [6.45, 7) is 9.75. The first kappa shape index (κ1) is 15.2. The van der Waals surface area contributed by atoms with Crippen LogP contribution in [-0.4, -0.2) is 55.6 Å². The number of piperidine rings is 1. The molecule has 2 rings (SSSR count). The van der Waals surface area contributed by atoms with Gasteiger partial charge in [0.2, 0.25) is 0 Å². The zero-order valence-electron chi connectivity index (χ0n) is 12.7. The van der Waals surface area contributed by atoms with Gasteiger partial charge in [-0.1, -0.05) is 6.92 Å². The average molecular weight is 270 g/mol. The summed E-state index contributed by atoms with van der Waals surface area (Å²) in [5.74, 6) is 0. The highest BCUT2D eigenvalue weighted by Gasteiger charge is 2.36. The Bertz CT molecular complexity index is 245. The molecule has 112 valence electrons. The lowest BCUT2D eigenvalue weighted by atomic mass is 9.98. The number of likely N-dealkylation sites (N-methyl/N-ethyl adjacent to an activating group) is 1. The van der Waals surface area contributed by atoms with E-state index in [1.165, 1.54) is 25.7 Å². The minimum atomic E-state index is -0.0671. The molecule has 0 aliphatic carbocycles. The molecule has 1 N–H and O–H groups in total. The van der Waals surface area contributed by atoms with Gasteiger partial charge in [-0.25, -0.2) is 0 Å². The molecule has 2 bridgehead atoms. The maximum absolute atomic E-state index is 5.70. The lowest BCUT2D eigenvalue weighted by Gasteiger charge is -2.38. The summed E-state index contributed by atoms with van der Waals surface area (Å²) < 4.78 is 11.4. The third kappa shape index (κ3) is 4.15. The van der Waals surface area contributed by atoms with Gasteiger partial charge in [0.1, 0.15) is 0 Å². The van der Waals surface area contributed by atoms with Crippen molar-refractivity contribution < 1.29 is 9.47 Å². The van der Waals surface area contributed by atoms with Crippen molar-refractivity contribution in [2.45, 2.75) is 70.9 Å². The van der Waals surface area contributed by atoms with Crippen molar-refractivity contribution in [2.75, 3.05) is 26.3 Å². The summed E-state index contributed by atoms with van der Waals surface area (Å²) in [6.07, 6.45) is 5.23. The minimum Gasteiger partial charge on any atom is -0.352 e. The van der Waals surface area contributed by atoms with E-state index in [-0.39, 0.29) is 6.29 Å². The first-order chi connectivity index (χ1) is 9.26. The number of fused-ring (bicyclic) bond motifs is 2. The molecule has 0 aromatic carbocycles. The van der Waals surface area contributed by atoms with Gasteiger partial charge in [-0.05, 0) is 46.1 Å². The average Bonchev–Trinajstić information content (AvgIpc) is 2.75. The SMILES string of the molecule is CCOC(CN(CC)C1CC2CCC(C1)N2)OCC. The fourth-order valence-electron chi connectivity index (χ4n) is 3.58. The Morgan fingerprint density at radius 1 is 1.05 bits per heavy atom. The molecule has 0 amide bonds. The molecule has 2 fully saturated rings. The van der Waals surface area contributed by atoms with E-state index in [0.29, 0.717) is 6.04 Å². The summed E-state index contributed by atoms with van der Waals surface area (Å²) in [6, 6.07) is 2.19. The van der Waals surface area contributed by atoms with Crippen molar-refractivity contribution in [1.29, 1.82) is 0 Å². The lowest BCUT2D eigenvalue weighted by Crippen LogP contribution is -2.50. The molecule has 4 nitrogen and oxygen atoms in total. The first-order valence-corrected chi connectivity index (χ1v) is 8.00. The van der Waals surface area contributed by atoms with Gasteiger partial charge in [0.05, 0.1) is 0 Å². The molecular formula is C15H30N2O2. The molecule has 0 aromatic rings. The molecule has 2 atom stereocenters. The summed E-state index contributed by atoms with van der Waals surface area (Å²) in [7, 11) is 0. The van der Waals surface area contributed by atoms with Crippen LogP contribution in [0.25, 0.3) is 0 Å². The van der Waals surface area contributed by atoms with Crippen LogP contribution >= 0.6 is 0 Å². The molecule has 4 heteroatoms. The molecule has 2 heterocycles. The number of nitrogens with zero attached hydrogens (tertiary/aromatic N) is 1. The first-order valence-electron chi connectivity index (χ1n) is 8.00. The van der Waals surface area contributed by atoms with Gasteiger partial charge in [0.15, 0.2) is 6.29 Å². The van der Waals surface area contributed by atoms with Gasteiger partial charge in [0, 0.05) is 37.9 Å². The Balaban J connectivity index is 1.87. The maximum atomic E-state index is 5.70. The van der Waals surface area contributed by atoms with E-state index >= 15 is 0 Å². The van der Waals surface area contributed by atoms with Gasteiger partial charge in [-0.15, -0.1) is 0 Å². The molecular weight excluding hydrogens is 240 g/mol. The summed E-state index contributed by atoms with van der Waals surface area (Å²) >= 11 is 0. The van der Waals surface area contributed by atoms with Gasteiger partial charge >= 0.3 is 0 Å². The summed E-state index contributed by atoms with van der Waals surface area (Å²) in [5.41, 5.74) is 0. The van der Waals surface area contributed by atoms with Crippen LogP contribution in [0.2, 0.25) is 0 Å². The molecule has 2 saturated heterocycles. The Labute approximate surface area is 117 Å². The molecule has 0 saturated carbocycles. The van der Waals surface area contributed by atoms with Gasteiger partial charge < -0.3 is 14.8 Å². The Morgan fingerprint density at radius 2 is 1.63 bits per heavy atom. The number of hydrogen-bond donors (Lipinski definition) is 1. The fraction of sp³-hybridized carbons (Fsp3) is 1.00. The Morgan fingerprint density at radius 3 is 2.11 bits per heavy atom. The molecule has 0 spiro atoms. The van der Waals surface area contributed by atoms with E-state index in [2.05, 4.69) is 17.1 Å². The number of hydrogen-bond acceptors (Lipinski definition) is 4. The van der Waals surface area contributed by atoms with Crippen LogP contribution in [0, 0.1) is 0 Å². The molecule has 0 aromatic heterocycles. The number of rotatable bonds is 8. The van der Waals surface area contributed by atoms with Gasteiger partial charge in [0.25, 0.3) is 0 Å². The second kappa shape index (κ2) is 7.58. The monoisotopic (exact) mass is 270 g/mol. The van der Waals surface area contributed by atoms with E-state index in [9.17, 15) is 0 Å². The highest BCUT2D eigenvalue weighted by molar-refractivity contribution is 4.95. The second-order valence-corrected chi connectivity index (χ2v) is 5.69. The van der Waals surface area contributed by atoms with Gasteiger partial charge in [-0.3, -0.25) is 4.90 Å². The molecule has 0 radical (unpaired) electrons. The van der Waals surface area contributed by atoms with Crippen LogP contribution in [0.4, 0.5) is 0 Å². The van der Waals surface area contributed by atoms with Gasteiger partial charge in [-0.2, -0.15) is 0 Å². The topological polar surface area (TPSA) is 33.7 Å². The van der Waals surface area contributed by atoms with Crippen molar-refractivity contribution in [2.24, 2.45) is 0 Å². The van der Waals surface area contributed by atoms with Crippen molar-refractivity contribution >= 4 is 0 Å². The zero-order chi connectivity index (χ0) is 13.7. The van der Waals surface area contributed by atoms with E-state index in [0.717, 1.165) is 38.4 Å². The predicted octanol–water partition coefficient (Wildman–Crippen LogP) is 1.99. The highest BCUT2D eigenvalue weighted by Crippen LogP contribution is 2.29. The van der Waals surface area contributed by atoms with Crippen molar-refractivity contribution in [3.05, 3.63) is 0 Å². The fourth-order valence-corrected chi connectivity index (χ4v) is 3.58. The Hall–Kier alpha value is -0.160. The highest BCUT2D eigenvalue weighted by atomic mass is 16.7. The molecule has 2 aliphatic heterocycles. The molecule has 2 aliphatic rings. The molecule has 2 unspecified atom stereocenters. The number of nitrogens with one attached hydrogen (secondary N) is 1. The largest absolute Gasteiger partial charge is 0.352 e. The van der Waals surface area contributed by atoms with Crippen LogP contribution in [0.3, 0.4) is 0 Å². The predicted molar refractivity (Wildman–Crippen MR) is 77.3 cm³/mol. The smallest absolute Gasteiger partial charge is 0.170 e. The normalized spacial score (nSPS) is 30.5. The van der Waals surface area contributed by atoms with E-state index in [1.807, 2.05) is 13.8 Å². The maximum Gasteiger partial charge on any atom is 0.170 e. The third-order valence-corrected chi connectivity index (χ3v) is 4.46. The van der Waals surface area contributed by atoms with Crippen LogP contribution in [0.1, 0.15) is 46.5 Å². The number of ether oxygens (including phenoxy) is 2. The van der Waals surface area contributed by atoms with Crippen molar-refractivity contribution in [3.63, 3.8) is 0 Å². The van der Waals surface area contributed by atoms with E-state index < -0.39 is 0 Å². The van der Waals surface area contributed by atoms with Crippen LogP contribution in [0.5, 0.6) is 0 Å². The molecule has 19 heavy (non-hydrogen) atoms. The second-order valence-electron chi connectivity index (χ2n) is 5.69. The van der Waals surface area contributed by atoms with Crippen LogP contribution in [0.15, 0.2) is 0 Å². The minimum absolute atomic E-state index is 0.0671. The Kier molecular flexibility index (Phi) is 6.07.